The molecule has 16 heavy (non-hydrogen) atoms. The molecule has 0 fully saturated rings. The van der Waals surface area contributed by atoms with Gasteiger partial charge in [0.1, 0.15) is 5.82 Å². The molecule has 0 saturated heterocycles. The van der Waals surface area contributed by atoms with E-state index in [1.807, 2.05) is 6.92 Å². The Balaban J connectivity index is 2.17. The molecule has 3 N–H and O–H groups in total. The predicted molar refractivity (Wildman–Crippen MR) is 61.9 cm³/mol. The summed E-state index contributed by atoms with van der Waals surface area (Å²) in [5.41, 5.74) is 6.70. The molecule has 1 aliphatic heterocycles. The number of primary amides is 1. The molecule has 4 nitrogen and oxygen atoms in total. The van der Waals surface area contributed by atoms with E-state index in [9.17, 15) is 4.79 Å². The van der Waals surface area contributed by atoms with E-state index >= 15 is 0 Å². The first-order valence-electron chi connectivity index (χ1n) is 5.15. The molecule has 1 amide bonds. The van der Waals surface area contributed by atoms with Crippen molar-refractivity contribution >= 4 is 11.7 Å². The number of carbonyl (C=O) groups excluding carboxylic acids is 1. The first kappa shape index (κ1) is 10.5. The molecule has 1 aliphatic rings. The minimum atomic E-state index is -0.438. The first-order valence-corrected chi connectivity index (χ1v) is 5.15. The zero-order chi connectivity index (χ0) is 11.5. The highest BCUT2D eigenvalue weighted by atomic mass is 16.1. The minimum Gasteiger partial charge on any atom is -0.366 e. The number of amides is 1. The van der Waals surface area contributed by atoms with Crippen LogP contribution in [0.2, 0.25) is 0 Å². The SMILES string of the molecule is CC#CC[C@@H]1Cc2cc(C(N)=O)cnc2N1. The summed E-state index contributed by atoms with van der Waals surface area (Å²) in [6.45, 7) is 1.82. The molecule has 1 atom stereocenters. The monoisotopic (exact) mass is 215 g/mol. The standard InChI is InChI=1S/C12H13N3O/c1-2-3-4-10-6-8-5-9(11(13)16)7-14-12(8)15-10/h5,7,10H,4,6H2,1H3,(H2,13,16)(H,14,15)/t10-/m1/s1. The number of fused-ring (bicyclic) bond motifs is 1. The Morgan fingerprint density at radius 2 is 2.56 bits per heavy atom. The second-order valence-electron chi connectivity index (χ2n) is 3.77. The third-order valence-corrected chi connectivity index (χ3v) is 2.58. The number of pyridine rings is 1. The minimum absolute atomic E-state index is 0.290. The number of nitrogens with one attached hydrogen (secondary N) is 1. The lowest BCUT2D eigenvalue weighted by Gasteiger charge is -2.04. The third-order valence-electron chi connectivity index (χ3n) is 2.58. The number of rotatable bonds is 2. The maximum Gasteiger partial charge on any atom is 0.250 e. The molecule has 0 saturated carbocycles. The smallest absolute Gasteiger partial charge is 0.250 e. The highest BCUT2D eigenvalue weighted by molar-refractivity contribution is 5.93. The normalized spacial score (nSPS) is 16.9. The Hall–Kier alpha value is -2.02. The van der Waals surface area contributed by atoms with Crippen LogP contribution < -0.4 is 11.1 Å². The highest BCUT2D eigenvalue weighted by Crippen LogP contribution is 2.25. The van der Waals surface area contributed by atoms with Crippen LogP contribution in [-0.4, -0.2) is 16.9 Å². The van der Waals surface area contributed by atoms with Crippen LogP contribution in [0.4, 0.5) is 5.82 Å². The van der Waals surface area contributed by atoms with Gasteiger partial charge in [-0.1, -0.05) is 0 Å². The summed E-state index contributed by atoms with van der Waals surface area (Å²) in [7, 11) is 0. The number of aromatic nitrogens is 1. The largest absolute Gasteiger partial charge is 0.366 e. The maximum atomic E-state index is 11.0. The maximum absolute atomic E-state index is 11.0. The Labute approximate surface area is 94.3 Å². The van der Waals surface area contributed by atoms with Gasteiger partial charge in [0, 0.05) is 18.7 Å². The Morgan fingerprint density at radius 1 is 1.75 bits per heavy atom. The summed E-state index contributed by atoms with van der Waals surface area (Å²) < 4.78 is 0. The number of hydrogen-bond acceptors (Lipinski definition) is 3. The summed E-state index contributed by atoms with van der Waals surface area (Å²) in [6, 6.07) is 2.09. The van der Waals surface area contributed by atoms with Crippen molar-refractivity contribution < 1.29 is 4.79 Å². The lowest BCUT2D eigenvalue weighted by atomic mass is 10.1. The van der Waals surface area contributed by atoms with Crippen molar-refractivity contribution in [2.24, 2.45) is 5.73 Å². The van der Waals surface area contributed by atoms with Crippen LogP contribution in [0.5, 0.6) is 0 Å². The number of anilines is 1. The molecule has 2 rings (SSSR count). The van der Waals surface area contributed by atoms with E-state index in [1.54, 1.807) is 6.07 Å². The van der Waals surface area contributed by atoms with Crippen LogP contribution in [0.15, 0.2) is 12.3 Å². The van der Waals surface area contributed by atoms with Crippen molar-refractivity contribution in [2.45, 2.75) is 25.8 Å². The van der Waals surface area contributed by atoms with Crippen molar-refractivity contribution in [1.29, 1.82) is 0 Å². The first-order chi connectivity index (χ1) is 7.70. The quantitative estimate of drug-likeness (QED) is 0.721. The fourth-order valence-corrected chi connectivity index (χ4v) is 1.79. The van der Waals surface area contributed by atoms with Gasteiger partial charge in [-0.15, -0.1) is 11.8 Å². The molecular weight excluding hydrogens is 202 g/mol. The zero-order valence-corrected chi connectivity index (χ0v) is 9.08. The van der Waals surface area contributed by atoms with Crippen LogP contribution in [0, 0.1) is 11.8 Å². The molecule has 0 aliphatic carbocycles. The number of nitrogens with two attached hydrogens (primary N) is 1. The number of nitrogens with zero attached hydrogens (tertiary/aromatic N) is 1. The average Bonchev–Trinajstić information content (AvgIpc) is 2.67. The van der Waals surface area contributed by atoms with Gasteiger partial charge in [0.05, 0.1) is 5.56 Å². The molecule has 0 radical (unpaired) electrons. The van der Waals surface area contributed by atoms with E-state index in [4.69, 9.17) is 5.73 Å². The second kappa shape index (κ2) is 4.23. The number of carbonyl (C=O) groups is 1. The van der Waals surface area contributed by atoms with Gasteiger partial charge in [-0.25, -0.2) is 4.98 Å². The Kier molecular flexibility index (Phi) is 2.78. The molecule has 0 aromatic carbocycles. The second-order valence-corrected chi connectivity index (χ2v) is 3.77. The van der Waals surface area contributed by atoms with E-state index in [0.717, 1.165) is 24.2 Å². The zero-order valence-electron chi connectivity index (χ0n) is 9.08. The van der Waals surface area contributed by atoms with Gasteiger partial charge < -0.3 is 11.1 Å². The molecule has 0 spiro atoms. The summed E-state index contributed by atoms with van der Waals surface area (Å²) in [5, 5.41) is 3.27. The lowest BCUT2D eigenvalue weighted by Crippen LogP contribution is -2.14. The van der Waals surface area contributed by atoms with Gasteiger partial charge in [0.2, 0.25) is 5.91 Å². The fourth-order valence-electron chi connectivity index (χ4n) is 1.79. The van der Waals surface area contributed by atoms with E-state index in [0.29, 0.717) is 5.56 Å². The topological polar surface area (TPSA) is 68.0 Å². The van der Waals surface area contributed by atoms with E-state index < -0.39 is 5.91 Å². The molecular formula is C12H13N3O. The van der Waals surface area contributed by atoms with Crippen LogP contribution >= 0.6 is 0 Å². The van der Waals surface area contributed by atoms with Gasteiger partial charge >= 0.3 is 0 Å². The summed E-state index contributed by atoms with van der Waals surface area (Å²) in [4.78, 5) is 15.2. The van der Waals surface area contributed by atoms with Crippen molar-refractivity contribution in [3.8, 4) is 11.8 Å². The third kappa shape index (κ3) is 1.98. The van der Waals surface area contributed by atoms with Crippen molar-refractivity contribution in [1.82, 2.24) is 4.98 Å². The van der Waals surface area contributed by atoms with Gasteiger partial charge in [0.15, 0.2) is 0 Å². The fraction of sp³-hybridized carbons (Fsp3) is 0.333. The molecule has 82 valence electrons. The summed E-state index contributed by atoms with van der Waals surface area (Å²) >= 11 is 0. The number of hydrogen-bond donors (Lipinski definition) is 2. The van der Waals surface area contributed by atoms with Crippen LogP contribution in [0.1, 0.15) is 29.3 Å². The molecule has 1 aromatic rings. The van der Waals surface area contributed by atoms with Crippen molar-refractivity contribution in [3.05, 3.63) is 23.4 Å². The molecule has 0 bridgehead atoms. The molecule has 0 unspecified atom stereocenters. The average molecular weight is 215 g/mol. The van der Waals surface area contributed by atoms with Gasteiger partial charge in [-0.2, -0.15) is 0 Å². The van der Waals surface area contributed by atoms with Gasteiger partial charge in [-0.3, -0.25) is 4.79 Å². The lowest BCUT2D eigenvalue weighted by molar-refractivity contribution is 0.1000. The van der Waals surface area contributed by atoms with E-state index in [2.05, 4.69) is 22.1 Å². The van der Waals surface area contributed by atoms with Crippen molar-refractivity contribution in [3.63, 3.8) is 0 Å². The summed E-state index contributed by atoms with van der Waals surface area (Å²) in [5.74, 6) is 6.30. The Morgan fingerprint density at radius 3 is 3.25 bits per heavy atom. The van der Waals surface area contributed by atoms with Gasteiger partial charge in [0.25, 0.3) is 0 Å². The molecule has 4 heteroatoms. The van der Waals surface area contributed by atoms with Crippen molar-refractivity contribution in [2.75, 3.05) is 5.32 Å². The van der Waals surface area contributed by atoms with Crippen LogP contribution in [0.25, 0.3) is 0 Å². The molecule has 1 aromatic heterocycles. The summed E-state index contributed by atoms with van der Waals surface area (Å²) in [6.07, 6.45) is 3.14. The highest BCUT2D eigenvalue weighted by Gasteiger charge is 2.21. The van der Waals surface area contributed by atoms with E-state index in [-0.39, 0.29) is 6.04 Å². The van der Waals surface area contributed by atoms with Crippen LogP contribution in [0.3, 0.4) is 0 Å². The predicted octanol–water partition coefficient (Wildman–Crippen LogP) is 0.931. The van der Waals surface area contributed by atoms with Crippen LogP contribution in [-0.2, 0) is 6.42 Å². The Bertz CT molecular complexity index is 485. The van der Waals surface area contributed by atoms with Gasteiger partial charge in [-0.05, 0) is 25.0 Å². The molecule has 2 heterocycles. The van der Waals surface area contributed by atoms with E-state index in [1.165, 1.54) is 6.20 Å².